The van der Waals surface area contributed by atoms with Gasteiger partial charge in [-0.05, 0) is 32.2 Å². The lowest BCUT2D eigenvalue weighted by atomic mass is 9.79. The molecule has 3 heteroatoms. The van der Waals surface area contributed by atoms with E-state index in [9.17, 15) is 0 Å². The summed E-state index contributed by atoms with van der Waals surface area (Å²) in [6.07, 6.45) is 3.68. The van der Waals surface area contributed by atoms with Crippen LogP contribution in [0.4, 0.5) is 0 Å². The Morgan fingerprint density at radius 2 is 2.05 bits per heavy atom. The molecule has 0 unspecified atom stereocenters. The third kappa shape index (κ3) is 3.37. The first-order valence-corrected chi connectivity index (χ1v) is 6.71. The lowest BCUT2D eigenvalue weighted by molar-refractivity contribution is 0.0678. The fourth-order valence-corrected chi connectivity index (χ4v) is 2.28. The highest BCUT2D eigenvalue weighted by molar-refractivity contribution is 6.61. The molecule has 2 nitrogen and oxygen atoms in total. The van der Waals surface area contributed by atoms with Gasteiger partial charge in [-0.25, -0.2) is 0 Å². The smallest absolute Gasteiger partial charge is 0.402 e. The number of benzene rings is 1. The van der Waals surface area contributed by atoms with Crippen molar-refractivity contribution in [2.24, 2.45) is 0 Å². The molecule has 0 bridgehead atoms. The molecule has 1 fully saturated rings. The molecule has 1 saturated heterocycles. The Kier molecular flexibility index (Phi) is 4.28. The fourth-order valence-electron chi connectivity index (χ4n) is 2.28. The lowest BCUT2D eigenvalue weighted by Crippen LogP contribution is -2.34. The Balaban J connectivity index is 2.02. The zero-order chi connectivity index (χ0) is 13.9. The molecule has 1 aliphatic rings. The van der Waals surface area contributed by atoms with Crippen molar-refractivity contribution in [1.82, 2.24) is 0 Å². The van der Waals surface area contributed by atoms with Crippen LogP contribution in [0.15, 0.2) is 55.1 Å². The van der Waals surface area contributed by atoms with Crippen LogP contribution in [0.3, 0.4) is 0 Å². The molecule has 100 valence electrons. The van der Waals surface area contributed by atoms with Gasteiger partial charge in [0.2, 0.25) is 0 Å². The third-order valence-electron chi connectivity index (χ3n) is 3.56. The molecule has 1 aromatic carbocycles. The van der Waals surface area contributed by atoms with E-state index in [4.69, 9.17) is 9.31 Å². The summed E-state index contributed by atoms with van der Waals surface area (Å²) >= 11 is 0. The molecule has 1 heterocycles. The average molecular weight is 256 g/mol. The van der Waals surface area contributed by atoms with Gasteiger partial charge in [0.25, 0.3) is 0 Å². The van der Waals surface area contributed by atoms with Crippen LogP contribution in [-0.2, 0) is 9.31 Å². The van der Waals surface area contributed by atoms with Gasteiger partial charge in [-0.2, -0.15) is 0 Å². The van der Waals surface area contributed by atoms with Crippen LogP contribution in [0.5, 0.6) is 0 Å². The summed E-state index contributed by atoms with van der Waals surface area (Å²) in [6.45, 7) is 11.8. The topological polar surface area (TPSA) is 18.5 Å². The summed E-state index contributed by atoms with van der Waals surface area (Å²) in [5, 5.41) is 0. The van der Waals surface area contributed by atoms with Gasteiger partial charge in [0, 0.05) is 0 Å². The van der Waals surface area contributed by atoms with Crippen LogP contribution in [0.1, 0.15) is 26.7 Å². The Bertz CT molecular complexity index is 453. The summed E-state index contributed by atoms with van der Waals surface area (Å²) in [5.74, 6) is 0. The third-order valence-corrected chi connectivity index (χ3v) is 3.56. The summed E-state index contributed by atoms with van der Waals surface area (Å²) in [5.41, 5.74) is 1.84. The first-order valence-electron chi connectivity index (χ1n) is 6.71. The van der Waals surface area contributed by atoms with Crippen LogP contribution in [0.25, 0.3) is 0 Å². The van der Waals surface area contributed by atoms with E-state index >= 15 is 0 Å². The Hall–Kier alpha value is -1.32. The minimum absolute atomic E-state index is 0.0782. The molecule has 2 rings (SSSR count). The predicted octanol–water partition coefficient (Wildman–Crippen LogP) is 3.10. The van der Waals surface area contributed by atoms with Crippen molar-refractivity contribution in [2.45, 2.75) is 38.4 Å². The highest BCUT2D eigenvalue weighted by atomic mass is 16.7. The minimum atomic E-state index is -0.276. The largest absolute Gasteiger partial charge is 0.494 e. The van der Waals surface area contributed by atoms with Crippen LogP contribution >= 0.6 is 0 Å². The van der Waals surface area contributed by atoms with Gasteiger partial charge in [-0.3, -0.25) is 0 Å². The fraction of sp³-hybridized carbons (Fsp3) is 0.375. The molecule has 0 aromatic heterocycles. The van der Waals surface area contributed by atoms with E-state index in [1.165, 1.54) is 0 Å². The van der Waals surface area contributed by atoms with E-state index < -0.39 is 0 Å². The normalized spacial score (nSPS) is 21.4. The highest BCUT2D eigenvalue weighted by Gasteiger charge is 2.45. The molecular formula is C16H21BO2. The Morgan fingerprint density at radius 1 is 1.37 bits per heavy atom. The molecule has 1 atom stereocenters. The van der Waals surface area contributed by atoms with Crippen LogP contribution in [-0.4, -0.2) is 18.8 Å². The van der Waals surface area contributed by atoms with Crippen molar-refractivity contribution in [1.29, 1.82) is 0 Å². The number of rotatable bonds is 5. The van der Waals surface area contributed by atoms with Crippen molar-refractivity contribution in [2.75, 3.05) is 0 Å². The first-order chi connectivity index (χ1) is 9.03. The SMILES string of the molecule is C=CC(=C)CC[C@H]1OB(c2ccccc2)OC1(C)C. The molecule has 0 aliphatic carbocycles. The molecular weight excluding hydrogens is 235 g/mol. The van der Waals surface area contributed by atoms with Gasteiger partial charge in [0.1, 0.15) is 0 Å². The molecule has 0 amide bonds. The summed E-state index contributed by atoms with van der Waals surface area (Å²) in [4.78, 5) is 0. The van der Waals surface area contributed by atoms with E-state index in [0.717, 1.165) is 23.9 Å². The Morgan fingerprint density at radius 3 is 2.68 bits per heavy atom. The van der Waals surface area contributed by atoms with Gasteiger partial charge < -0.3 is 9.31 Å². The van der Waals surface area contributed by atoms with Crippen LogP contribution < -0.4 is 5.46 Å². The van der Waals surface area contributed by atoms with E-state index in [1.807, 2.05) is 30.3 Å². The number of hydrogen-bond donors (Lipinski definition) is 0. The van der Waals surface area contributed by atoms with Gasteiger partial charge in [-0.15, -0.1) is 0 Å². The zero-order valence-corrected chi connectivity index (χ0v) is 11.8. The second-order valence-corrected chi connectivity index (χ2v) is 5.49. The van der Waals surface area contributed by atoms with Crippen molar-refractivity contribution < 1.29 is 9.31 Å². The molecule has 1 aromatic rings. The van der Waals surface area contributed by atoms with Crippen molar-refractivity contribution in [3.8, 4) is 0 Å². The van der Waals surface area contributed by atoms with E-state index in [0.29, 0.717) is 0 Å². The summed E-state index contributed by atoms with van der Waals surface area (Å²) in [6, 6.07) is 10.1. The standard InChI is InChI=1S/C16H21BO2/c1-5-13(2)11-12-15-16(3,4)19-17(18-15)14-9-7-6-8-10-14/h5-10,15H,1-2,11-12H2,3-4H3/t15-/m1/s1. The van der Waals surface area contributed by atoms with E-state index in [-0.39, 0.29) is 18.8 Å². The minimum Gasteiger partial charge on any atom is -0.402 e. The van der Waals surface area contributed by atoms with E-state index in [1.54, 1.807) is 6.08 Å². The van der Waals surface area contributed by atoms with Crippen molar-refractivity contribution in [3.63, 3.8) is 0 Å². The molecule has 0 N–H and O–H groups in total. The van der Waals surface area contributed by atoms with Crippen LogP contribution in [0.2, 0.25) is 0 Å². The van der Waals surface area contributed by atoms with Gasteiger partial charge in [0.05, 0.1) is 11.7 Å². The van der Waals surface area contributed by atoms with Gasteiger partial charge in [0.15, 0.2) is 0 Å². The average Bonchev–Trinajstić information content (AvgIpc) is 2.72. The van der Waals surface area contributed by atoms with Crippen LogP contribution in [0, 0.1) is 0 Å². The maximum atomic E-state index is 6.06. The number of hydrogen-bond acceptors (Lipinski definition) is 2. The maximum Gasteiger partial charge on any atom is 0.494 e. The quantitative estimate of drug-likeness (QED) is 0.595. The second-order valence-electron chi connectivity index (χ2n) is 5.49. The predicted molar refractivity (Wildman–Crippen MR) is 80.4 cm³/mol. The zero-order valence-electron chi connectivity index (χ0n) is 11.8. The van der Waals surface area contributed by atoms with Gasteiger partial charge in [-0.1, -0.05) is 55.1 Å². The molecule has 0 saturated carbocycles. The van der Waals surface area contributed by atoms with Gasteiger partial charge >= 0.3 is 7.12 Å². The second kappa shape index (κ2) is 5.76. The lowest BCUT2D eigenvalue weighted by Gasteiger charge is -2.25. The molecule has 19 heavy (non-hydrogen) atoms. The molecule has 1 aliphatic heterocycles. The van der Waals surface area contributed by atoms with E-state index in [2.05, 4.69) is 27.0 Å². The van der Waals surface area contributed by atoms with Crippen molar-refractivity contribution in [3.05, 3.63) is 55.1 Å². The highest BCUT2D eigenvalue weighted by Crippen LogP contribution is 2.31. The Labute approximate surface area is 116 Å². The summed E-state index contributed by atoms with van der Waals surface area (Å²) < 4.78 is 12.1. The first kappa shape index (κ1) is 14.1. The summed E-state index contributed by atoms with van der Waals surface area (Å²) in [7, 11) is -0.266. The number of allylic oxidation sites excluding steroid dienone is 2. The molecule has 0 spiro atoms. The monoisotopic (exact) mass is 256 g/mol. The molecule has 0 radical (unpaired) electrons. The maximum absolute atomic E-state index is 6.06. The van der Waals surface area contributed by atoms with Crippen molar-refractivity contribution >= 4 is 12.6 Å².